The highest BCUT2D eigenvalue weighted by Crippen LogP contribution is 2.30. The number of morpholine rings is 1. The van der Waals surface area contributed by atoms with E-state index in [0.29, 0.717) is 31.8 Å². The Bertz CT molecular complexity index is 610. The van der Waals surface area contributed by atoms with Crippen LogP contribution in [0.15, 0.2) is 18.2 Å². The lowest BCUT2D eigenvalue weighted by molar-refractivity contribution is -0.169. The number of benzene rings is 1. The molecule has 3 rings (SSSR count). The normalized spacial score (nSPS) is 25.8. The highest BCUT2D eigenvalue weighted by Gasteiger charge is 2.45. The van der Waals surface area contributed by atoms with E-state index in [1.807, 2.05) is 7.05 Å². The number of nitrogens with zero attached hydrogens (tertiary/aromatic N) is 2. The fraction of sp³-hybridized carbons (Fsp3) is 0.611. The average molecular weight is 336 g/mol. The average Bonchev–Trinajstić information content (AvgIpc) is 2.71. The maximum Gasteiger partial charge on any atom is 0.255 e. The van der Waals surface area contributed by atoms with Gasteiger partial charge in [-0.25, -0.2) is 4.39 Å². The van der Waals surface area contributed by atoms with E-state index in [4.69, 9.17) is 9.47 Å². The number of amides is 1. The molecule has 0 saturated carbocycles. The van der Waals surface area contributed by atoms with Crippen LogP contribution in [0.3, 0.4) is 0 Å². The van der Waals surface area contributed by atoms with Gasteiger partial charge in [-0.05, 0) is 25.3 Å². The summed E-state index contributed by atoms with van der Waals surface area (Å²) in [4.78, 5) is 16.6. The lowest BCUT2D eigenvalue weighted by Gasteiger charge is -2.42. The summed E-state index contributed by atoms with van der Waals surface area (Å²) in [7, 11) is 3.30. The van der Waals surface area contributed by atoms with Crippen LogP contribution in [-0.2, 0) is 16.1 Å². The lowest BCUT2D eigenvalue weighted by atomic mass is 9.94. The van der Waals surface area contributed by atoms with Crippen molar-refractivity contribution in [3.63, 3.8) is 0 Å². The molecule has 1 aromatic carbocycles. The zero-order valence-corrected chi connectivity index (χ0v) is 14.4. The maximum atomic E-state index is 14.4. The van der Waals surface area contributed by atoms with Crippen LogP contribution < -0.4 is 4.74 Å². The molecule has 24 heavy (non-hydrogen) atoms. The predicted molar refractivity (Wildman–Crippen MR) is 88.4 cm³/mol. The quantitative estimate of drug-likeness (QED) is 0.847. The zero-order valence-electron chi connectivity index (χ0n) is 14.4. The third-order valence-corrected chi connectivity index (χ3v) is 4.98. The van der Waals surface area contributed by atoms with Gasteiger partial charge in [0.05, 0.1) is 13.7 Å². The first-order chi connectivity index (χ1) is 11.6. The number of hydrogen-bond donors (Lipinski definition) is 0. The van der Waals surface area contributed by atoms with Gasteiger partial charge in [-0.1, -0.05) is 12.1 Å². The van der Waals surface area contributed by atoms with Crippen LogP contribution in [0.25, 0.3) is 0 Å². The van der Waals surface area contributed by atoms with Crippen LogP contribution in [0, 0.1) is 5.82 Å². The standard InChI is InChI=1S/C18H25FN2O3/c1-20-9-4-3-8-18(17(20)22)13-21(10-11-24-18)12-14-6-5-7-15(23-2)16(14)19/h5-7H,3-4,8-13H2,1-2H3. The molecule has 2 aliphatic heterocycles. The van der Waals surface area contributed by atoms with Gasteiger partial charge in [0.25, 0.3) is 5.91 Å². The fourth-order valence-corrected chi connectivity index (χ4v) is 3.66. The molecule has 5 nitrogen and oxygen atoms in total. The molecule has 2 fully saturated rings. The Morgan fingerprint density at radius 1 is 1.33 bits per heavy atom. The second-order valence-corrected chi connectivity index (χ2v) is 6.67. The second-order valence-electron chi connectivity index (χ2n) is 6.67. The van der Waals surface area contributed by atoms with Gasteiger partial charge in [-0.2, -0.15) is 0 Å². The Kier molecular flexibility index (Phi) is 5.06. The number of halogens is 1. The number of hydrogen-bond acceptors (Lipinski definition) is 4. The minimum absolute atomic E-state index is 0.0517. The summed E-state index contributed by atoms with van der Waals surface area (Å²) < 4.78 is 25.4. The van der Waals surface area contributed by atoms with E-state index in [1.54, 1.807) is 23.1 Å². The van der Waals surface area contributed by atoms with Crippen LogP contribution in [0.2, 0.25) is 0 Å². The number of rotatable bonds is 3. The highest BCUT2D eigenvalue weighted by atomic mass is 19.1. The van der Waals surface area contributed by atoms with Crippen molar-refractivity contribution >= 4 is 5.91 Å². The highest BCUT2D eigenvalue weighted by molar-refractivity contribution is 5.85. The van der Waals surface area contributed by atoms with Gasteiger partial charge in [-0.3, -0.25) is 9.69 Å². The minimum atomic E-state index is -0.779. The summed E-state index contributed by atoms with van der Waals surface area (Å²) in [6.07, 6.45) is 2.70. The summed E-state index contributed by atoms with van der Waals surface area (Å²) in [5.74, 6) is -0.0265. The van der Waals surface area contributed by atoms with E-state index in [2.05, 4.69) is 4.90 Å². The number of likely N-dealkylation sites (N-methyl/N-ethyl adjacent to an activating group) is 1. The molecular weight excluding hydrogens is 311 g/mol. The predicted octanol–water partition coefficient (Wildman–Crippen LogP) is 2.05. The molecular formula is C18H25FN2O3. The fourth-order valence-electron chi connectivity index (χ4n) is 3.66. The van der Waals surface area contributed by atoms with E-state index < -0.39 is 5.60 Å². The smallest absolute Gasteiger partial charge is 0.255 e. The molecule has 132 valence electrons. The number of carbonyl (C=O) groups excluding carboxylic acids is 1. The molecule has 0 radical (unpaired) electrons. The van der Waals surface area contributed by atoms with Gasteiger partial charge in [0.15, 0.2) is 17.2 Å². The van der Waals surface area contributed by atoms with Crippen LogP contribution in [-0.4, -0.2) is 61.7 Å². The van der Waals surface area contributed by atoms with Gasteiger partial charge < -0.3 is 14.4 Å². The molecule has 2 saturated heterocycles. The van der Waals surface area contributed by atoms with E-state index in [1.165, 1.54) is 7.11 Å². The van der Waals surface area contributed by atoms with Crippen molar-refractivity contribution in [2.24, 2.45) is 0 Å². The molecule has 0 aliphatic carbocycles. The summed E-state index contributed by atoms with van der Waals surface area (Å²) in [5.41, 5.74) is -0.195. The van der Waals surface area contributed by atoms with Crippen molar-refractivity contribution < 1.29 is 18.7 Å². The van der Waals surface area contributed by atoms with Crippen molar-refractivity contribution in [1.29, 1.82) is 0 Å². The monoisotopic (exact) mass is 336 g/mol. The van der Waals surface area contributed by atoms with Gasteiger partial charge >= 0.3 is 0 Å². The van der Waals surface area contributed by atoms with Gasteiger partial charge in [0, 0.05) is 38.8 Å². The molecule has 1 unspecified atom stereocenters. The number of ether oxygens (including phenoxy) is 2. The van der Waals surface area contributed by atoms with E-state index in [-0.39, 0.29) is 17.5 Å². The van der Waals surface area contributed by atoms with Gasteiger partial charge in [0.1, 0.15) is 0 Å². The Balaban J connectivity index is 1.77. The van der Waals surface area contributed by atoms with Crippen LogP contribution >= 0.6 is 0 Å². The first kappa shape index (κ1) is 17.2. The van der Waals surface area contributed by atoms with Crippen LogP contribution in [0.5, 0.6) is 5.75 Å². The van der Waals surface area contributed by atoms with E-state index >= 15 is 0 Å². The molecule has 0 bridgehead atoms. The molecule has 0 aromatic heterocycles. The largest absolute Gasteiger partial charge is 0.494 e. The topological polar surface area (TPSA) is 42.0 Å². The first-order valence-corrected chi connectivity index (χ1v) is 8.49. The van der Waals surface area contributed by atoms with Crippen molar-refractivity contribution in [2.45, 2.75) is 31.4 Å². The Hall–Kier alpha value is -1.66. The number of methoxy groups -OCH3 is 1. The molecule has 6 heteroatoms. The van der Waals surface area contributed by atoms with Crippen molar-refractivity contribution in [1.82, 2.24) is 9.80 Å². The Morgan fingerprint density at radius 2 is 2.17 bits per heavy atom. The lowest BCUT2D eigenvalue weighted by Crippen LogP contribution is -2.59. The second kappa shape index (κ2) is 7.07. The zero-order chi connectivity index (χ0) is 17.2. The molecule has 1 spiro atoms. The summed E-state index contributed by atoms with van der Waals surface area (Å²) in [6.45, 7) is 2.91. The molecule has 1 atom stereocenters. The third kappa shape index (κ3) is 3.26. The summed E-state index contributed by atoms with van der Waals surface area (Å²) in [6, 6.07) is 5.17. The van der Waals surface area contributed by atoms with Crippen LogP contribution in [0.1, 0.15) is 24.8 Å². The maximum absolute atomic E-state index is 14.4. The molecule has 2 heterocycles. The van der Waals surface area contributed by atoms with Gasteiger partial charge in [-0.15, -0.1) is 0 Å². The SMILES string of the molecule is COc1cccc(CN2CCOC3(CCCCN(C)C3=O)C2)c1F. The number of likely N-dealkylation sites (tertiary alicyclic amines) is 1. The van der Waals surface area contributed by atoms with E-state index in [9.17, 15) is 9.18 Å². The molecule has 1 aromatic rings. The van der Waals surface area contributed by atoms with Crippen molar-refractivity contribution in [3.8, 4) is 5.75 Å². The van der Waals surface area contributed by atoms with E-state index in [0.717, 1.165) is 25.8 Å². The summed E-state index contributed by atoms with van der Waals surface area (Å²) >= 11 is 0. The number of carbonyl (C=O) groups is 1. The molecule has 2 aliphatic rings. The first-order valence-electron chi connectivity index (χ1n) is 8.49. The Labute approximate surface area is 142 Å². The molecule has 0 N–H and O–H groups in total. The van der Waals surface area contributed by atoms with Gasteiger partial charge in [0.2, 0.25) is 0 Å². The summed E-state index contributed by atoms with van der Waals surface area (Å²) in [5, 5.41) is 0. The molecule has 1 amide bonds. The van der Waals surface area contributed by atoms with Crippen molar-refractivity contribution in [3.05, 3.63) is 29.6 Å². The Morgan fingerprint density at radius 3 is 2.96 bits per heavy atom. The minimum Gasteiger partial charge on any atom is -0.494 e. The van der Waals surface area contributed by atoms with Crippen LogP contribution in [0.4, 0.5) is 4.39 Å². The van der Waals surface area contributed by atoms with Crippen molar-refractivity contribution in [2.75, 3.05) is 40.4 Å². The third-order valence-electron chi connectivity index (χ3n) is 4.98.